The summed E-state index contributed by atoms with van der Waals surface area (Å²) in [5.41, 5.74) is 7.56. The van der Waals surface area contributed by atoms with Crippen molar-refractivity contribution < 1.29 is 5.21 Å². The fraction of sp³-hybridized carbons (Fsp3) is 0.417. The first-order chi connectivity index (χ1) is 8.15. The molecule has 0 atom stereocenters. The van der Waals surface area contributed by atoms with Gasteiger partial charge in [-0.05, 0) is 24.8 Å². The van der Waals surface area contributed by atoms with E-state index in [-0.39, 0.29) is 5.84 Å². The molecule has 0 fully saturated rings. The fourth-order valence-electron chi connectivity index (χ4n) is 1.77. The summed E-state index contributed by atoms with van der Waals surface area (Å²) in [7, 11) is 2.01. The summed E-state index contributed by atoms with van der Waals surface area (Å²) in [6.45, 7) is 3.06. The van der Waals surface area contributed by atoms with Crippen molar-refractivity contribution in [1.29, 1.82) is 0 Å². The zero-order valence-electron chi connectivity index (χ0n) is 10.5. The second-order valence-corrected chi connectivity index (χ2v) is 4.61. The monoisotopic (exact) mass is 253 g/mol. The number of anilines is 1. The third kappa shape index (κ3) is 3.06. The molecule has 0 aliphatic carbocycles. The van der Waals surface area contributed by atoms with Gasteiger partial charge < -0.3 is 15.8 Å². The summed E-state index contributed by atoms with van der Waals surface area (Å²) in [4.78, 5) is 3.13. The highest BCUT2D eigenvalue weighted by molar-refractivity contribution is 7.98. The lowest BCUT2D eigenvalue weighted by Crippen LogP contribution is -2.24. The molecule has 0 saturated heterocycles. The third-order valence-corrected chi connectivity index (χ3v) is 3.34. The van der Waals surface area contributed by atoms with E-state index in [4.69, 9.17) is 10.9 Å². The van der Waals surface area contributed by atoms with E-state index in [2.05, 4.69) is 17.0 Å². The van der Waals surface area contributed by atoms with Crippen molar-refractivity contribution in [2.45, 2.75) is 18.2 Å². The lowest BCUT2D eigenvalue weighted by molar-refractivity contribution is 0.318. The Morgan fingerprint density at radius 1 is 1.53 bits per heavy atom. The van der Waals surface area contributed by atoms with Crippen LogP contribution in [-0.2, 0) is 0 Å². The van der Waals surface area contributed by atoms with Gasteiger partial charge in [0.2, 0.25) is 0 Å². The molecule has 5 heteroatoms. The maximum Gasteiger partial charge on any atom is 0.173 e. The average Bonchev–Trinajstić information content (AvgIpc) is 2.37. The number of rotatable bonds is 5. The van der Waals surface area contributed by atoms with Crippen LogP contribution in [-0.4, -0.2) is 30.9 Å². The lowest BCUT2D eigenvalue weighted by atomic mass is 10.1. The van der Waals surface area contributed by atoms with Crippen LogP contribution < -0.4 is 10.6 Å². The van der Waals surface area contributed by atoms with E-state index in [0.717, 1.165) is 29.1 Å². The van der Waals surface area contributed by atoms with Crippen LogP contribution in [0.5, 0.6) is 0 Å². The fourth-order valence-corrected chi connectivity index (χ4v) is 2.40. The molecule has 0 amide bonds. The van der Waals surface area contributed by atoms with Gasteiger partial charge in [-0.3, -0.25) is 0 Å². The van der Waals surface area contributed by atoms with Crippen molar-refractivity contribution in [3.05, 3.63) is 23.8 Å². The number of hydrogen-bond acceptors (Lipinski definition) is 4. The summed E-state index contributed by atoms with van der Waals surface area (Å²) in [6.07, 6.45) is 3.03. The first kappa shape index (κ1) is 13.7. The van der Waals surface area contributed by atoms with E-state index in [1.807, 2.05) is 31.5 Å². The Hall–Kier alpha value is -1.36. The van der Waals surface area contributed by atoms with Crippen molar-refractivity contribution in [3.63, 3.8) is 0 Å². The number of nitrogens with two attached hydrogens (primary N) is 1. The Morgan fingerprint density at radius 2 is 2.24 bits per heavy atom. The summed E-state index contributed by atoms with van der Waals surface area (Å²) in [5.74, 6) is 0.160. The molecular formula is C12H19N3OS. The molecule has 1 aromatic carbocycles. The van der Waals surface area contributed by atoms with Gasteiger partial charge in [0.1, 0.15) is 0 Å². The van der Waals surface area contributed by atoms with Gasteiger partial charge in [0, 0.05) is 24.2 Å². The lowest BCUT2D eigenvalue weighted by Gasteiger charge is -2.22. The Kier molecular flexibility index (Phi) is 5.15. The zero-order chi connectivity index (χ0) is 12.8. The number of benzene rings is 1. The largest absolute Gasteiger partial charge is 0.409 e. The average molecular weight is 253 g/mol. The minimum absolute atomic E-state index is 0.160. The first-order valence-corrected chi connectivity index (χ1v) is 6.74. The molecular weight excluding hydrogens is 234 g/mol. The molecule has 4 nitrogen and oxygen atoms in total. The molecule has 1 aromatic rings. The van der Waals surface area contributed by atoms with Crippen LogP contribution in [0.2, 0.25) is 0 Å². The van der Waals surface area contributed by atoms with E-state index in [1.54, 1.807) is 11.8 Å². The molecule has 0 bridgehead atoms. The predicted octanol–water partition coefficient (Wildman–Crippen LogP) is 2.35. The minimum atomic E-state index is 0.160. The molecule has 0 aliphatic heterocycles. The minimum Gasteiger partial charge on any atom is -0.409 e. The molecule has 0 radical (unpaired) electrons. The van der Waals surface area contributed by atoms with Crippen LogP contribution in [0.4, 0.5) is 5.69 Å². The normalized spacial score (nSPS) is 11.6. The predicted molar refractivity (Wildman–Crippen MR) is 74.3 cm³/mol. The molecule has 0 spiro atoms. The molecule has 0 aliphatic rings. The summed E-state index contributed by atoms with van der Waals surface area (Å²) in [6, 6.07) is 5.95. The highest BCUT2D eigenvalue weighted by Crippen LogP contribution is 2.29. The van der Waals surface area contributed by atoms with Crippen molar-refractivity contribution >= 4 is 23.3 Å². The van der Waals surface area contributed by atoms with Gasteiger partial charge >= 0.3 is 0 Å². The summed E-state index contributed by atoms with van der Waals surface area (Å²) in [5, 5.41) is 12.0. The molecule has 1 rings (SSSR count). The second kappa shape index (κ2) is 6.39. The zero-order valence-corrected chi connectivity index (χ0v) is 11.3. The molecule has 0 aromatic heterocycles. The smallest absolute Gasteiger partial charge is 0.173 e. The van der Waals surface area contributed by atoms with Crippen LogP contribution in [0.25, 0.3) is 0 Å². The van der Waals surface area contributed by atoms with Crippen molar-refractivity contribution in [1.82, 2.24) is 0 Å². The molecule has 0 saturated carbocycles. The van der Waals surface area contributed by atoms with Crippen molar-refractivity contribution in [2.75, 3.05) is 24.7 Å². The number of oxime groups is 1. The number of thioether (sulfide) groups is 1. The maximum atomic E-state index is 8.88. The third-order valence-electron chi connectivity index (χ3n) is 2.56. The van der Waals surface area contributed by atoms with Gasteiger partial charge in [0.25, 0.3) is 0 Å². The topological polar surface area (TPSA) is 61.8 Å². The van der Waals surface area contributed by atoms with Crippen LogP contribution in [0.3, 0.4) is 0 Å². The number of nitrogens with zero attached hydrogens (tertiary/aromatic N) is 2. The van der Waals surface area contributed by atoms with Crippen LogP contribution in [0.1, 0.15) is 18.9 Å². The van der Waals surface area contributed by atoms with Gasteiger partial charge in [-0.15, -0.1) is 11.8 Å². The Balaban J connectivity index is 3.29. The first-order valence-electron chi connectivity index (χ1n) is 5.51. The Morgan fingerprint density at radius 3 is 2.76 bits per heavy atom. The SMILES string of the molecule is CCCN(C)c1cccc(SC)c1/C(N)=N/O. The van der Waals surface area contributed by atoms with E-state index in [1.165, 1.54) is 0 Å². The number of hydrogen-bond donors (Lipinski definition) is 2. The molecule has 17 heavy (non-hydrogen) atoms. The highest BCUT2D eigenvalue weighted by atomic mass is 32.2. The molecule has 3 N–H and O–H groups in total. The number of amidine groups is 1. The van der Waals surface area contributed by atoms with Gasteiger partial charge in [-0.2, -0.15) is 0 Å². The van der Waals surface area contributed by atoms with Crippen molar-refractivity contribution in [2.24, 2.45) is 10.9 Å². The van der Waals surface area contributed by atoms with E-state index >= 15 is 0 Å². The van der Waals surface area contributed by atoms with Gasteiger partial charge in [-0.1, -0.05) is 18.1 Å². The highest BCUT2D eigenvalue weighted by Gasteiger charge is 2.14. The van der Waals surface area contributed by atoms with Crippen LogP contribution >= 0.6 is 11.8 Å². The van der Waals surface area contributed by atoms with Crippen LogP contribution in [0, 0.1) is 0 Å². The Bertz CT molecular complexity index is 407. The van der Waals surface area contributed by atoms with Gasteiger partial charge in [-0.25, -0.2) is 0 Å². The maximum absolute atomic E-state index is 8.88. The summed E-state index contributed by atoms with van der Waals surface area (Å²) < 4.78 is 0. The van der Waals surface area contributed by atoms with Crippen LogP contribution in [0.15, 0.2) is 28.3 Å². The molecule has 0 unspecified atom stereocenters. The Labute approximate surface area is 106 Å². The molecule has 0 heterocycles. The van der Waals surface area contributed by atoms with Crippen molar-refractivity contribution in [3.8, 4) is 0 Å². The van der Waals surface area contributed by atoms with E-state index in [9.17, 15) is 0 Å². The van der Waals surface area contributed by atoms with Gasteiger partial charge in [0.05, 0.1) is 5.56 Å². The van der Waals surface area contributed by atoms with E-state index in [0.29, 0.717) is 0 Å². The van der Waals surface area contributed by atoms with E-state index < -0.39 is 0 Å². The van der Waals surface area contributed by atoms with Gasteiger partial charge in [0.15, 0.2) is 5.84 Å². The quantitative estimate of drug-likeness (QED) is 0.278. The molecule has 94 valence electrons. The standard InChI is InChI=1S/C12H19N3OS/c1-4-8-15(2)9-6-5-7-10(17-3)11(9)12(13)14-16/h5-7,16H,4,8H2,1-3H3,(H2,13,14). The summed E-state index contributed by atoms with van der Waals surface area (Å²) >= 11 is 1.59. The second-order valence-electron chi connectivity index (χ2n) is 3.76.